The number of carbonyl (C=O) groups excluding carboxylic acids is 1. The zero-order chi connectivity index (χ0) is 10.4. The summed E-state index contributed by atoms with van der Waals surface area (Å²) in [5.74, 6) is 1.82. The minimum atomic E-state index is 0.139. The van der Waals surface area contributed by atoms with Crippen LogP contribution in [0.2, 0.25) is 0 Å². The number of carbonyl (C=O) groups is 1. The van der Waals surface area contributed by atoms with Crippen molar-refractivity contribution in [2.24, 2.45) is 23.7 Å². The molecule has 2 aliphatic rings. The van der Waals surface area contributed by atoms with Crippen LogP contribution in [0.15, 0.2) is 30.6 Å². The monoisotopic (exact) mass is 202 g/mol. The molecule has 1 aromatic rings. The van der Waals surface area contributed by atoms with E-state index in [2.05, 4.69) is 24.2 Å². The third-order valence-corrected chi connectivity index (χ3v) is 3.87. The third-order valence-electron chi connectivity index (χ3n) is 3.87. The molecule has 0 radical (unpaired) electrons. The Kier molecular flexibility index (Phi) is 1.81. The van der Waals surface area contributed by atoms with Crippen LogP contribution < -0.4 is 0 Å². The molecule has 15 heavy (non-hydrogen) atoms. The van der Waals surface area contributed by atoms with Gasteiger partial charge in [-0.3, -0.25) is 4.79 Å². The molecule has 0 aliphatic heterocycles. The van der Waals surface area contributed by atoms with Crippen molar-refractivity contribution in [1.29, 1.82) is 0 Å². The molecule has 0 saturated heterocycles. The second kappa shape index (κ2) is 3.05. The van der Waals surface area contributed by atoms with E-state index in [1.54, 1.807) is 18.5 Å². The van der Waals surface area contributed by atoms with Gasteiger partial charge in [0.15, 0.2) is 0 Å². The lowest BCUT2D eigenvalue weighted by Gasteiger charge is -2.22. The van der Waals surface area contributed by atoms with Gasteiger partial charge in [0.05, 0.1) is 0 Å². The van der Waals surface area contributed by atoms with Gasteiger partial charge in [-0.1, -0.05) is 19.1 Å². The number of hydrogen-bond donors (Lipinski definition) is 0. The molecule has 1 heterocycles. The molecule has 1 aromatic heterocycles. The molecule has 0 unspecified atom stereocenters. The molecule has 0 spiro atoms. The van der Waals surface area contributed by atoms with E-state index < -0.39 is 0 Å². The summed E-state index contributed by atoms with van der Waals surface area (Å²) in [5, 5.41) is 4.02. The molecule has 0 aromatic carbocycles. The molecule has 0 N–H and O–H groups in total. The Labute approximate surface area is 88.8 Å². The maximum atomic E-state index is 12.2. The van der Waals surface area contributed by atoms with Gasteiger partial charge in [0, 0.05) is 18.3 Å². The molecule has 4 atom stereocenters. The van der Waals surface area contributed by atoms with E-state index in [1.165, 1.54) is 4.68 Å². The Morgan fingerprint density at radius 2 is 2.20 bits per heavy atom. The molecule has 1 fully saturated rings. The van der Waals surface area contributed by atoms with Gasteiger partial charge in [0.1, 0.15) is 0 Å². The van der Waals surface area contributed by atoms with Crippen molar-refractivity contribution in [2.75, 3.05) is 0 Å². The summed E-state index contributed by atoms with van der Waals surface area (Å²) in [6.45, 7) is 2.18. The zero-order valence-electron chi connectivity index (χ0n) is 8.71. The summed E-state index contributed by atoms with van der Waals surface area (Å²) in [5.41, 5.74) is 0. The van der Waals surface area contributed by atoms with Crippen LogP contribution in [0.25, 0.3) is 0 Å². The highest BCUT2D eigenvalue weighted by Gasteiger charge is 2.46. The first-order valence-corrected chi connectivity index (χ1v) is 5.49. The van der Waals surface area contributed by atoms with E-state index >= 15 is 0 Å². The van der Waals surface area contributed by atoms with E-state index in [4.69, 9.17) is 0 Å². The topological polar surface area (TPSA) is 34.9 Å². The maximum Gasteiger partial charge on any atom is 0.250 e. The fraction of sp³-hybridized carbons (Fsp3) is 0.500. The van der Waals surface area contributed by atoms with Crippen molar-refractivity contribution in [3.05, 3.63) is 30.6 Å². The Bertz CT molecular complexity index is 407. The number of aromatic nitrogens is 2. The summed E-state index contributed by atoms with van der Waals surface area (Å²) in [7, 11) is 0. The predicted molar refractivity (Wildman–Crippen MR) is 56.2 cm³/mol. The summed E-state index contributed by atoms with van der Waals surface area (Å²) in [6.07, 6.45) is 9.02. The lowest BCUT2D eigenvalue weighted by atomic mass is 9.84. The van der Waals surface area contributed by atoms with Crippen LogP contribution in [0, 0.1) is 23.7 Å². The van der Waals surface area contributed by atoms with Crippen LogP contribution in [0.3, 0.4) is 0 Å². The molecular formula is C12H14N2O. The number of rotatable bonds is 1. The number of allylic oxidation sites excluding steroid dienone is 2. The summed E-state index contributed by atoms with van der Waals surface area (Å²) in [4.78, 5) is 12.2. The number of nitrogens with zero attached hydrogens (tertiary/aromatic N) is 2. The SMILES string of the molecule is C[C@H]1[C@H](C(=O)n2cccn2)[C@@H]2C=C[C@H]1C2. The van der Waals surface area contributed by atoms with E-state index in [9.17, 15) is 4.79 Å². The van der Waals surface area contributed by atoms with Crippen molar-refractivity contribution in [3.8, 4) is 0 Å². The van der Waals surface area contributed by atoms with Gasteiger partial charge in [-0.2, -0.15) is 5.10 Å². The minimum Gasteiger partial charge on any atom is -0.272 e. The highest BCUT2D eigenvalue weighted by molar-refractivity contribution is 5.82. The van der Waals surface area contributed by atoms with Gasteiger partial charge in [0.2, 0.25) is 0 Å². The van der Waals surface area contributed by atoms with Gasteiger partial charge in [-0.05, 0) is 30.2 Å². The largest absolute Gasteiger partial charge is 0.272 e. The summed E-state index contributed by atoms with van der Waals surface area (Å²) >= 11 is 0. The second-order valence-corrected chi connectivity index (χ2v) is 4.62. The third kappa shape index (κ3) is 1.19. The number of fused-ring (bicyclic) bond motifs is 2. The average Bonchev–Trinajstić information content (AvgIpc) is 2.93. The molecule has 0 amide bonds. The van der Waals surface area contributed by atoms with Crippen molar-refractivity contribution in [1.82, 2.24) is 9.78 Å². The van der Waals surface area contributed by atoms with Gasteiger partial charge in [0.25, 0.3) is 5.91 Å². The Morgan fingerprint density at radius 1 is 1.40 bits per heavy atom. The van der Waals surface area contributed by atoms with Crippen molar-refractivity contribution in [3.63, 3.8) is 0 Å². The van der Waals surface area contributed by atoms with Crippen molar-refractivity contribution >= 4 is 5.91 Å². The standard InChI is InChI=1S/C12H14N2O/c1-8-9-3-4-10(7-9)11(8)12(15)14-6-2-5-13-14/h2-6,8-11H,7H2,1H3/t8-,9+,10-,11+/m1/s1. The lowest BCUT2D eigenvalue weighted by molar-refractivity contribution is 0.0759. The molecule has 1 saturated carbocycles. The molecule has 78 valence electrons. The highest BCUT2D eigenvalue weighted by atomic mass is 16.2. The fourth-order valence-corrected chi connectivity index (χ4v) is 3.03. The van der Waals surface area contributed by atoms with Crippen LogP contribution in [0.1, 0.15) is 18.1 Å². The first-order chi connectivity index (χ1) is 7.27. The molecule has 2 bridgehead atoms. The fourth-order valence-electron chi connectivity index (χ4n) is 3.03. The van der Waals surface area contributed by atoms with Crippen LogP contribution in [-0.4, -0.2) is 15.7 Å². The summed E-state index contributed by atoms with van der Waals surface area (Å²) in [6, 6.07) is 1.80. The minimum absolute atomic E-state index is 0.139. The van der Waals surface area contributed by atoms with Crippen LogP contribution >= 0.6 is 0 Å². The van der Waals surface area contributed by atoms with Gasteiger partial charge >= 0.3 is 0 Å². The molecule has 2 aliphatic carbocycles. The van der Waals surface area contributed by atoms with E-state index in [1.807, 2.05) is 0 Å². The quantitative estimate of drug-likeness (QED) is 0.653. The van der Waals surface area contributed by atoms with E-state index in [0.717, 1.165) is 6.42 Å². The first kappa shape index (κ1) is 8.89. The molecule has 3 nitrogen and oxygen atoms in total. The van der Waals surface area contributed by atoms with Gasteiger partial charge < -0.3 is 0 Å². The normalized spacial score (nSPS) is 37.4. The first-order valence-electron chi connectivity index (χ1n) is 5.49. The van der Waals surface area contributed by atoms with E-state index in [0.29, 0.717) is 17.8 Å². The molecule has 3 rings (SSSR count). The van der Waals surface area contributed by atoms with Crippen molar-refractivity contribution < 1.29 is 4.79 Å². The van der Waals surface area contributed by atoms with Crippen molar-refractivity contribution in [2.45, 2.75) is 13.3 Å². The smallest absolute Gasteiger partial charge is 0.250 e. The maximum absolute atomic E-state index is 12.2. The lowest BCUT2D eigenvalue weighted by Crippen LogP contribution is -2.30. The number of hydrogen-bond acceptors (Lipinski definition) is 2. The Hall–Kier alpha value is -1.38. The van der Waals surface area contributed by atoms with Crippen LogP contribution in [0.4, 0.5) is 0 Å². The predicted octanol–water partition coefficient (Wildman–Crippen LogP) is 1.98. The Balaban J connectivity index is 1.90. The summed E-state index contributed by atoms with van der Waals surface area (Å²) < 4.78 is 1.48. The van der Waals surface area contributed by atoms with Crippen LogP contribution in [-0.2, 0) is 0 Å². The molecule has 3 heteroatoms. The zero-order valence-corrected chi connectivity index (χ0v) is 8.71. The van der Waals surface area contributed by atoms with Gasteiger partial charge in [-0.25, -0.2) is 4.68 Å². The average molecular weight is 202 g/mol. The van der Waals surface area contributed by atoms with E-state index in [-0.39, 0.29) is 11.8 Å². The second-order valence-electron chi connectivity index (χ2n) is 4.62. The Morgan fingerprint density at radius 3 is 2.80 bits per heavy atom. The van der Waals surface area contributed by atoms with Gasteiger partial charge in [-0.15, -0.1) is 0 Å². The highest BCUT2D eigenvalue weighted by Crippen LogP contribution is 2.48. The van der Waals surface area contributed by atoms with Crippen LogP contribution in [0.5, 0.6) is 0 Å². The molecular weight excluding hydrogens is 188 g/mol.